The Balaban J connectivity index is 3.71. The minimum Gasteiger partial charge on any atom is -0.167 e. The van der Waals surface area contributed by atoms with Crippen LogP contribution in [-0.4, -0.2) is 10.2 Å². The third-order valence-corrected chi connectivity index (χ3v) is 1.94. The Kier molecular flexibility index (Phi) is 4.09. The van der Waals surface area contributed by atoms with Gasteiger partial charge in [-0.15, -0.1) is 0 Å². The summed E-state index contributed by atoms with van der Waals surface area (Å²) in [6, 6.07) is 0. The highest BCUT2D eigenvalue weighted by Gasteiger charge is 2.21. The van der Waals surface area contributed by atoms with Crippen LogP contribution in [0.2, 0.25) is 0 Å². The quantitative estimate of drug-likeness (QED) is 0.627. The first-order valence-corrected chi connectivity index (χ1v) is 4.69. The maximum atomic E-state index is 11.3. The van der Waals surface area contributed by atoms with Crippen LogP contribution in [-0.2, 0) is 0 Å². The van der Waals surface area contributed by atoms with Crippen molar-refractivity contribution < 1.29 is 13.2 Å². The van der Waals surface area contributed by atoms with E-state index < -0.39 is 26.9 Å². The van der Waals surface area contributed by atoms with E-state index in [1.807, 2.05) is 0 Å². The Hall–Kier alpha value is 0.130. The standard InChI is InChI=1S/C5H6F3I/c1-2-9-4-3-5(6,7)8/h2-4H,1H3/b4-3+. The van der Waals surface area contributed by atoms with Crippen molar-refractivity contribution in [1.82, 2.24) is 0 Å². The van der Waals surface area contributed by atoms with Crippen LogP contribution in [0.25, 0.3) is 0 Å². The fourth-order valence-electron chi connectivity index (χ4n) is 0.181. The molecule has 0 aromatic carbocycles. The lowest BCUT2D eigenvalue weighted by Gasteiger charge is -1.93. The molecule has 0 aromatic heterocycles. The molecule has 0 aromatic rings. The third kappa shape index (κ3) is 8.13. The summed E-state index contributed by atoms with van der Waals surface area (Å²) in [6.07, 6.45) is -3.83. The zero-order chi connectivity index (χ0) is 7.33. The molecule has 0 saturated carbocycles. The third-order valence-electron chi connectivity index (χ3n) is 0.451. The SMILES string of the molecule is CC=I/C=C/C(F)(F)F. The van der Waals surface area contributed by atoms with Crippen LogP contribution in [0.5, 0.6) is 0 Å². The van der Waals surface area contributed by atoms with Crippen molar-refractivity contribution in [2.75, 3.05) is 0 Å². The molecule has 0 heterocycles. The van der Waals surface area contributed by atoms with Crippen LogP contribution in [0, 0.1) is 0 Å². The molecule has 9 heavy (non-hydrogen) atoms. The monoisotopic (exact) mass is 250 g/mol. The molecule has 0 atom stereocenters. The second kappa shape index (κ2) is 4.03. The van der Waals surface area contributed by atoms with Crippen molar-refractivity contribution in [3.8, 4) is 0 Å². The second-order valence-corrected chi connectivity index (χ2v) is 3.86. The van der Waals surface area contributed by atoms with Crippen molar-refractivity contribution in [3.05, 3.63) is 10.2 Å². The van der Waals surface area contributed by atoms with E-state index in [1.165, 1.54) is 4.08 Å². The number of halogens is 4. The molecule has 4 heteroatoms. The first kappa shape index (κ1) is 9.13. The van der Waals surface area contributed by atoms with E-state index in [2.05, 4.69) is 0 Å². The summed E-state index contributed by atoms with van der Waals surface area (Å²) in [6.45, 7) is 1.76. The molecule has 0 aliphatic carbocycles. The molecule has 54 valence electrons. The summed E-state index contributed by atoms with van der Waals surface area (Å²) in [5.74, 6) is 0. The normalized spacial score (nSPS) is 14.7. The van der Waals surface area contributed by atoms with Gasteiger partial charge in [-0.1, -0.05) is 24.7 Å². The molecule has 0 unspecified atom stereocenters. The van der Waals surface area contributed by atoms with Crippen LogP contribution < -0.4 is 0 Å². The van der Waals surface area contributed by atoms with Gasteiger partial charge in [0.2, 0.25) is 0 Å². The smallest absolute Gasteiger partial charge is 0.167 e. The lowest BCUT2D eigenvalue weighted by molar-refractivity contribution is -0.0795. The van der Waals surface area contributed by atoms with E-state index in [4.69, 9.17) is 0 Å². The average Bonchev–Trinajstić information content (AvgIpc) is 1.63. The topological polar surface area (TPSA) is 0 Å². The average molecular weight is 250 g/mol. The van der Waals surface area contributed by atoms with Gasteiger partial charge in [0.15, 0.2) is 0 Å². The van der Waals surface area contributed by atoms with Crippen LogP contribution in [0.15, 0.2) is 10.2 Å². The predicted octanol–water partition coefficient (Wildman–Crippen LogP) is 2.86. The highest BCUT2D eigenvalue weighted by molar-refractivity contribution is 14.2. The Morgan fingerprint density at radius 2 is 1.89 bits per heavy atom. The Labute approximate surface area is 61.5 Å². The Bertz CT molecular complexity index is 123. The van der Waals surface area contributed by atoms with Gasteiger partial charge < -0.3 is 0 Å². The van der Waals surface area contributed by atoms with Gasteiger partial charge in [-0.25, -0.2) is 0 Å². The van der Waals surface area contributed by atoms with E-state index >= 15 is 0 Å². The zero-order valence-corrected chi connectivity index (χ0v) is 6.90. The molecule has 0 aliphatic rings. The number of hydrogen-bond donors (Lipinski definition) is 0. The van der Waals surface area contributed by atoms with Gasteiger partial charge in [0.1, 0.15) is 0 Å². The van der Waals surface area contributed by atoms with Gasteiger partial charge in [0.05, 0.1) is 0 Å². The van der Waals surface area contributed by atoms with Crippen molar-refractivity contribution in [3.63, 3.8) is 0 Å². The lowest BCUT2D eigenvalue weighted by atomic mass is 10.6. The van der Waals surface area contributed by atoms with Crippen LogP contribution in [0.1, 0.15) is 6.92 Å². The molecule has 0 saturated heterocycles. The van der Waals surface area contributed by atoms with Crippen LogP contribution >= 0.6 is 20.7 Å². The minimum absolute atomic E-state index is 0.292. The maximum absolute atomic E-state index is 11.3. The van der Waals surface area contributed by atoms with Crippen molar-refractivity contribution in [1.29, 1.82) is 0 Å². The summed E-state index contributed by atoms with van der Waals surface area (Å²) >= 11 is -0.464. The van der Waals surface area contributed by atoms with E-state index in [-0.39, 0.29) is 0 Å². The molecule has 0 nitrogen and oxygen atoms in total. The summed E-state index contributed by atoms with van der Waals surface area (Å²) in [7, 11) is 0. The first-order valence-electron chi connectivity index (χ1n) is 2.20. The van der Waals surface area contributed by atoms with Gasteiger partial charge in [0, 0.05) is 6.08 Å². The van der Waals surface area contributed by atoms with Crippen LogP contribution in [0.4, 0.5) is 13.2 Å². The largest absolute Gasteiger partial charge is 0.410 e. The van der Waals surface area contributed by atoms with E-state index in [1.54, 1.807) is 10.9 Å². The molecular weight excluding hydrogens is 244 g/mol. The molecule has 0 amide bonds. The minimum atomic E-state index is -4.12. The molecular formula is C5H6F3I. The van der Waals surface area contributed by atoms with Gasteiger partial charge in [-0.05, 0) is 11.0 Å². The van der Waals surface area contributed by atoms with Crippen molar-refractivity contribution >= 4 is 24.7 Å². The fraction of sp³-hybridized carbons (Fsp3) is 0.400. The van der Waals surface area contributed by atoms with Gasteiger partial charge in [0.25, 0.3) is 0 Å². The maximum Gasteiger partial charge on any atom is 0.410 e. The van der Waals surface area contributed by atoms with E-state index in [9.17, 15) is 13.2 Å². The van der Waals surface area contributed by atoms with Crippen molar-refractivity contribution in [2.24, 2.45) is 0 Å². The molecule has 0 fully saturated rings. The molecule has 0 aliphatic heterocycles. The van der Waals surface area contributed by atoms with Gasteiger partial charge in [-0.2, -0.15) is 13.2 Å². The van der Waals surface area contributed by atoms with E-state index in [0.29, 0.717) is 6.08 Å². The summed E-state index contributed by atoms with van der Waals surface area (Å²) in [5.41, 5.74) is 0. The number of rotatable bonds is 1. The van der Waals surface area contributed by atoms with Crippen LogP contribution in [0.3, 0.4) is 0 Å². The first-order chi connectivity index (χ1) is 4.06. The Morgan fingerprint density at radius 1 is 1.33 bits per heavy atom. The second-order valence-electron chi connectivity index (χ2n) is 1.18. The lowest BCUT2D eigenvalue weighted by Crippen LogP contribution is -1.99. The number of hydrogen-bond acceptors (Lipinski definition) is 0. The summed E-state index contributed by atoms with van der Waals surface area (Å²) in [4.78, 5) is 0. The molecule has 0 rings (SSSR count). The highest BCUT2D eigenvalue weighted by Crippen LogP contribution is 2.17. The Morgan fingerprint density at radius 3 is 2.22 bits per heavy atom. The predicted molar refractivity (Wildman–Crippen MR) is 41.0 cm³/mol. The van der Waals surface area contributed by atoms with Gasteiger partial charge >= 0.3 is 6.18 Å². The van der Waals surface area contributed by atoms with Crippen molar-refractivity contribution in [2.45, 2.75) is 13.1 Å². The summed E-state index contributed by atoms with van der Waals surface area (Å²) < 4.78 is 36.8. The summed E-state index contributed by atoms with van der Waals surface area (Å²) in [5, 5.41) is 0. The van der Waals surface area contributed by atoms with Gasteiger partial charge in [-0.3, -0.25) is 0 Å². The molecule has 0 spiro atoms. The fourth-order valence-corrected chi connectivity index (χ4v) is 1.21. The number of allylic oxidation sites excluding steroid dienone is 1. The zero-order valence-electron chi connectivity index (χ0n) is 4.74. The molecule has 0 bridgehead atoms. The number of alkyl halides is 3. The van der Waals surface area contributed by atoms with E-state index in [0.717, 1.165) is 0 Å². The highest BCUT2D eigenvalue weighted by atomic mass is 127. The molecule has 0 N–H and O–H groups in total. The molecule has 0 radical (unpaired) electrons.